The first-order chi connectivity index (χ1) is 8.03. The van der Waals surface area contributed by atoms with Crippen molar-refractivity contribution < 1.29 is 0 Å². The molecule has 17 heavy (non-hydrogen) atoms. The van der Waals surface area contributed by atoms with Crippen molar-refractivity contribution in [3.63, 3.8) is 0 Å². The Kier molecular flexibility index (Phi) is 3.44. The van der Waals surface area contributed by atoms with Gasteiger partial charge in [-0.3, -0.25) is 0 Å². The fourth-order valence-corrected chi connectivity index (χ4v) is 2.88. The highest BCUT2D eigenvalue weighted by Gasteiger charge is 2.34. The minimum absolute atomic E-state index is 0.0620. The molecule has 0 bridgehead atoms. The van der Waals surface area contributed by atoms with E-state index in [0.29, 0.717) is 0 Å². The van der Waals surface area contributed by atoms with E-state index in [4.69, 9.17) is 5.26 Å². The van der Waals surface area contributed by atoms with Crippen molar-refractivity contribution in [1.82, 2.24) is 0 Å². The number of piperidine rings is 1. The van der Waals surface area contributed by atoms with Gasteiger partial charge in [0.1, 0.15) is 0 Å². The first kappa shape index (κ1) is 12.4. The summed E-state index contributed by atoms with van der Waals surface area (Å²) in [7, 11) is 0. The SMILES string of the molecule is CC1(C)CC(C#N)CCN1c1ccc(Br)cc1. The molecule has 3 heteroatoms. The molecule has 1 aromatic carbocycles. The lowest BCUT2D eigenvalue weighted by molar-refractivity contribution is 0.315. The largest absolute Gasteiger partial charge is 0.366 e. The van der Waals surface area contributed by atoms with E-state index >= 15 is 0 Å². The molecule has 0 saturated carbocycles. The number of nitrogens with zero attached hydrogens (tertiary/aromatic N) is 2. The maximum atomic E-state index is 9.04. The molecular formula is C14H17BrN2. The first-order valence-electron chi connectivity index (χ1n) is 5.96. The molecule has 1 aromatic rings. The van der Waals surface area contributed by atoms with Crippen LogP contribution in [0.1, 0.15) is 26.7 Å². The minimum Gasteiger partial charge on any atom is -0.366 e. The molecule has 1 aliphatic heterocycles. The van der Waals surface area contributed by atoms with E-state index in [0.717, 1.165) is 23.9 Å². The van der Waals surface area contributed by atoms with Crippen LogP contribution in [-0.4, -0.2) is 12.1 Å². The Morgan fingerprint density at radius 2 is 2.00 bits per heavy atom. The summed E-state index contributed by atoms with van der Waals surface area (Å²) in [5.74, 6) is 0.205. The lowest BCUT2D eigenvalue weighted by atomic mass is 9.83. The van der Waals surface area contributed by atoms with E-state index in [1.807, 2.05) is 0 Å². The second-order valence-corrected chi connectivity index (χ2v) is 6.17. The Hall–Kier alpha value is -1.01. The highest BCUT2D eigenvalue weighted by Crippen LogP contribution is 2.35. The second kappa shape index (κ2) is 4.70. The van der Waals surface area contributed by atoms with Crippen LogP contribution in [0.15, 0.2) is 28.7 Å². The summed E-state index contributed by atoms with van der Waals surface area (Å²) in [5, 5.41) is 9.04. The van der Waals surface area contributed by atoms with Gasteiger partial charge in [0.2, 0.25) is 0 Å². The van der Waals surface area contributed by atoms with E-state index in [1.165, 1.54) is 5.69 Å². The number of hydrogen-bond donors (Lipinski definition) is 0. The van der Waals surface area contributed by atoms with Crippen LogP contribution in [0.4, 0.5) is 5.69 Å². The van der Waals surface area contributed by atoms with Crippen LogP contribution in [0.5, 0.6) is 0 Å². The number of benzene rings is 1. The maximum Gasteiger partial charge on any atom is 0.0657 e. The van der Waals surface area contributed by atoms with Gasteiger partial charge < -0.3 is 4.90 Å². The van der Waals surface area contributed by atoms with Crippen LogP contribution in [0, 0.1) is 17.2 Å². The van der Waals surface area contributed by atoms with E-state index in [2.05, 4.69) is 65.0 Å². The Bertz CT molecular complexity index is 431. The zero-order chi connectivity index (χ0) is 12.5. The lowest BCUT2D eigenvalue weighted by Gasteiger charge is -2.45. The fraction of sp³-hybridized carbons (Fsp3) is 0.500. The third-order valence-corrected chi connectivity index (χ3v) is 4.03. The minimum atomic E-state index is 0.0620. The average Bonchev–Trinajstić information content (AvgIpc) is 2.29. The van der Waals surface area contributed by atoms with Crippen LogP contribution < -0.4 is 4.90 Å². The molecule has 0 radical (unpaired) electrons. The Morgan fingerprint density at radius 1 is 1.35 bits per heavy atom. The van der Waals surface area contributed by atoms with Crippen LogP contribution in [-0.2, 0) is 0 Å². The molecule has 2 nitrogen and oxygen atoms in total. The lowest BCUT2D eigenvalue weighted by Crippen LogP contribution is -2.50. The molecule has 1 unspecified atom stereocenters. The Balaban J connectivity index is 2.22. The van der Waals surface area contributed by atoms with Crippen molar-refractivity contribution >= 4 is 21.6 Å². The number of rotatable bonds is 1. The molecule has 0 aliphatic carbocycles. The predicted octanol–water partition coefficient (Wildman–Crippen LogP) is 3.97. The van der Waals surface area contributed by atoms with Crippen molar-refractivity contribution in [3.8, 4) is 6.07 Å². The molecule has 1 heterocycles. The van der Waals surface area contributed by atoms with Gasteiger partial charge in [0, 0.05) is 22.2 Å². The highest BCUT2D eigenvalue weighted by molar-refractivity contribution is 9.10. The summed E-state index contributed by atoms with van der Waals surface area (Å²) >= 11 is 3.46. The summed E-state index contributed by atoms with van der Waals surface area (Å²) in [5.41, 5.74) is 1.31. The molecule has 1 fully saturated rings. The molecule has 1 aliphatic rings. The summed E-state index contributed by atoms with van der Waals surface area (Å²) in [6.45, 7) is 5.41. The van der Waals surface area contributed by atoms with Gasteiger partial charge in [-0.05, 0) is 51.0 Å². The van der Waals surface area contributed by atoms with Crippen molar-refractivity contribution in [3.05, 3.63) is 28.7 Å². The monoisotopic (exact) mass is 292 g/mol. The topological polar surface area (TPSA) is 27.0 Å². The third kappa shape index (κ3) is 2.63. The van der Waals surface area contributed by atoms with Gasteiger partial charge in [0.25, 0.3) is 0 Å². The van der Waals surface area contributed by atoms with Gasteiger partial charge in [-0.25, -0.2) is 0 Å². The predicted molar refractivity (Wildman–Crippen MR) is 73.9 cm³/mol. The van der Waals surface area contributed by atoms with E-state index in [1.54, 1.807) is 0 Å². The van der Waals surface area contributed by atoms with E-state index < -0.39 is 0 Å². The van der Waals surface area contributed by atoms with Crippen LogP contribution in [0.25, 0.3) is 0 Å². The third-order valence-electron chi connectivity index (χ3n) is 3.50. The average molecular weight is 293 g/mol. The van der Waals surface area contributed by atoms with Crippen molar-refractivity contribution in [1.29, 1.82) is 5.26 Å². The molecule has 1 saturated heterocycles. The molecule has 90 valence electrons. The molecule has 0 aromatic heterocycles. The summed E-state index contributed by atoms with van der Waals surface area (Å²) in [6.07, 6.45) is 1.91. The van der Waals surface area contributed by atoms with Crippen LogP contribution in [0.2, 0.25) is 0 Å². The summed E-state index contributed by atoms with van der Waals surface area (Å²) in [4.78, 5) is 2.41. The summed E-state index contributed by atoms with van der Waals surface area (Å²) in [6, 6.07) is 10.8. The summed E-state index contributed by atoms with van der Waals surface area (Å²) < 4.78 is 1.10. The molecule has 2 rings (SSSR count). The number of halogens is 1. The zero-order valence-corrected chi connectivity index (χ0v) is 11.9. The standard InChI is InChI=1S/C14H17BrN2/c1-14(2)9-11(10-16)7-8-17(14)13-5-3-12(15)4-6-13/h3-6,11H,7-9H2,1-2H3. The quantitative estimate of drug-likeness (QED) is 0.783. The van der Waals surface area contributed by atoms with E-state index in [9.17, 15) is 0 Å². The van der Waals surface area contributed by atoms with Gasteiger partial charge >= 0.3 is 0 Å². The molecular weight excluding hydrogens is 276 g/mol. The molecule has 1 atom stereocenters. The second-order valence-electron chi connectivity index (χ2n) is 5.26. The Labute approximate surface area is 111 Å². The molecule has 0 amide bonds. The maximum absolute atomic E-state index is 9.04. The van der Waals surface area contributed by atoms with Gasteiger partial charge in [0.15, 0.2) is 0 Å². The molecule has 0 N–H and O–H groups in total. The van der Waals surface area contributed by atoms with Crippen LogP contribution in [0.3, 0.4) is 0 Å². The van der Waals surface area contributed by atoms with Crippen molar-refractivity contribution in [2.75, 3.05) is 11.4 Å². The number of hydrogen-bond acceptors (Lipinski definition) is 2. The fourth-order valence-electron chi connectivity index (χ4n) is 2.61. The van der Waals surface area contributed by atoms with Gasteiger partial charge in [0.05, 0.1) is 12.0 Å². The zero-order valence-electron chi connectivity index (χ0n) is 10.3. The first-order valence-corrected chi connectivity index (χ1v) is 6.75. The Morgan fingerprint density at radius 3 is 2.53 bits per heavy atom. The smallest absolute Gasteiger partial charge is 0.0657 e. The number of nitriles is 1. The normalized spacial score (nSPS) is 23.2. The van der Waals surface area contributed by atoms with Crippen LogP contribution >= 0.6 is 15.9 Å². The number of anilines is 1. The van der Waals surface area contributed by atoms with E-state index in [-0.39, 0.29) is 11.5 Å². The highest BCUT2D eigenvalue weighted by atomic mass is 79.9. The van der Waals surface area contributed by atoms with Crippen molar-refractivity contribution in [2.45, 2.75) is 32.2 Å². The van der Waals surface area contributed by atoms with Gasteiger partial charge in [-0.2, -0.15) is 5.26 Å². The molecule has 0 spiro atoms. The van der Waals surface area contributed by atoms with Gasteiger partial charge in [-0.15, -0.1) is 0 Å². The van der Waals surface area contributed by atoms with Gasteiger partial charge in [-0.1, -0.05) is 15.9 Å². The van der Waals surface area contributed by atoms with Crippen molar-refractivity contribution in [2.24, 2.45) is 5.92 Å².